The monoisotopic (exact) mass is 184 g/mol. The van der Waals surface area contributed by atoms with E-state index in [0.717, 1.165) is 19.3 Å². The maximum Gasteiger partial charge on any atom is 0.372 e. The molecule has 0 spiro atoms. The van der Waals surface area contributed by atoms with Crippen LogP contribution in [0.2, 0.25) is 0 Å². The Hall–Kier alpha value is -1.12. The van der Waals surface area contributed by atoms with E-state index < -0.39 is 11.8 Å². The summed E-state index contributed by atoms with van der Waals surface area (Å²) in [4.78, 5) is 20.7. The molecule has 0 heterocycles. The van der Waals surface area contributed by atoms with Gasteiger partial charge in [-0.3, -0.25) is 4.79 Å². The van der Waals surface area contributed by atoms with Crippen LogP contribution in [0, 0.1) is 0 Å². The molecule has 0 aliphatic carbocycles. The van der Waals surface area contributed by atoms with E-state index in [1.807, 2.05) is 13.0 Å². The molecule has 0 saturated carbocycles. The van der Waals surface area contributed by atoms with E-state index in [4.69, 9.17) is 5.11 Å². The summed E-state index contributed by atoms with van der Waals surface area (Å²) in [5, 5.41) is 8.26. The highest BCUT2D eigenvalue weighted by Gasteiger charge is 2.09. The first-order valence-electron chi connectivity index (χ1n) is 4.55. The van der Waals surface area contributed by atoms with Crippen LogP contribution in [0.4, 0.5) is 0 Å². The molecule has 0 unspecified atom stereocenters. The smallest absolute Gasteiger partial charge is 0.372 e. The van der Waals surface area contributed by atoms with Gasteiger partial charge in [0.2, 0.25) is 5.78 Å². The highest BCUT2D eigenvalue weighted by atomic mass is 16.4. The van der Waals surface area contributed by atoms with Crippen LogP contribution in [0.3, 0.4) is 0 Å². The van der Waals surface area contributed by atoms with E-state index in [9.17, 15) is 9.59 Å². The molecule has 0 atom stereocenters. The summed E-state index contributed by atoms with van der Waals surface area (Å²) in [5.74, 6) is -1.99. The summed E-state index contributed by atoms with van der Waals surface area (Å²) >= 11 is 0. The van der Waals surface area contributed by atoms with Gasteiger partial charge in [0.15, 0.2) is 0 Å². The van der Waals surface area contributed by atoms with Crippen molar-refractivity contribution < 1.29 is 14.7 Å². The number of hydrogen-bond donors (Lipinski definition) is 1. The second kappa shape index (κ2) is 7.53. The molecule has 0 aromatic heterocycles. The average Bonchev–Trinajstić information content (AvgIpc) is 2.10. The van der Waals surface area contributed by atoms with Gasteiger partial charge in [-0.25, -0.2) is 4.79 Å². The first kappa shape index (κ1) is 11.9. The van der Waals surface area contributed by atoms with Gasteiger partial charge in [0, 0.05) is 6.42 Å². The zero-order valence-corrected chi connectivity index (χ0v) is 7.95. The molecule has 3 nitrogen and oxygen atoms in total. The Labute approximate surface area is 78.5 Å². The fraction of sp³-hybridized carbons (Fsp3) is 0.600. The number of Topliss-reactive ketones (excluding diaryl/α,β-unsaturated/α-hetero) is 1. The minimum atomic E-state index is -1.31. The van der Waals surface area contributed by atoms with Crippen molar-refractivity contribution in [2.24, 2.45) is 0 Å². The third-order valence-corrected chi connectivity index (χ3v) is 1.75. The summed E-state index contributed by atoms with van der Waals surface area (Å²) in [6.07, 6.45) is 7.87. The maximum absolute atomic E-state index is 10.6. The average molecular weight is 184 g/mol. The number of ketones is 1. The molecule has 0 aromatic rings. The highest BCUT2D eigenvalue weighted by molar-refractivity contribution is 6.32. The molecule has 0 aliphatic heterocycles. The number of allylic oxidation sites excluding steroid dienone is 2. The van der Waals surface area contributed by atoms with Crippen molar-refractivity contribution in [2.75, 3.05) is 0 Å². The predicted molar refractivity (Wildman–Crippen MR) is 50.5 cm³/mol. The standard InChI is InChI=1S/C10H16O3/c1-2-3-4-5-6-7-8-9(11)10(12)13/h2-3H,4-8H2,1H3,(H,12,13)/b3-2+. The minimum Gasteiger partial charge on any atom is -0.476 e. The topological polar surface area (TPSA) is 54.4 Å². The van der Waals surface area contributed by atoms with Gasteiger partial charge < -0.3 is 5.11 Å². The number of carbonyl (C=O) groups is 2. The number of carboxylic acid groups (broad SMARTS) is 1. The first-order chi connectivity index (χ1) is 6.18. The fourth-order valence-electron chi connectivity index (χ4n) is 0.998. The normalized spacial score (nSPS) is 10.5. The minimum absolute atomic E-state index is 0.172. The van der Waals surface area contributed by atoms with Crippen LogP contribution in [-0.4, -0.2) is 16.9 Å². The van der Waals surface area contributed by atoms with Crippen LogP contribution in [0.5, 0.6) is 0 Å². The zero-order valence-electron chi connectivity index (χ0n) is 7.95. The molecule has 0 bridgehead atoms. The molecule has 3 heteroatoms. The third kappa shape index (κ3) is 7.25. The lowest BCUT2D eigenvalue weighted by Gasteiger charge is -1.95. The fourth-order valence-corrected chi connectivity index (χ4v) is 0.998. The number of aliphatic carboxylic acids is 1. The summed E-state index contributed by atoms with van der Waals surface area (Å²) in [6, 6.07) is 0. The predicted octanol–water partition coefficient (Wildman–Crippen LogP) is 2.17. The van der Waals surface area contributed by atoms with Crippen LogP contribution >= 0.6 is 0 Å². The summed E-state index contributed by atoms with van der Waals surface area (Å²) in [6.45, 7) is 1.97. The molecule has 74 valence electrons. The Bertz CT molecular complexity index is 194. The lowest BCUT2D eigenvalue weighted by atomic mass is 10.1. The van der Waals surface area contributed by atoms with E-state index in [1.165, 1.54) is 0 Å². The second-order valence-electron chi connectivity index (χ2n) is 2.90. The van der Waals surface area contributed by atoms with Gasteiger partial charge >= 0.3 is 5.97 Å². The van der Waals surface area contributed by atoms with E-state index in [1.54, 1.807) is 0 Å². The van der Waals surface area contributed by atoms with Gasteiger partial charge in [-0.15, -0.1) is 0 Å². The number of rotatable bonds is 7. The second-order valence-corrected chi connectivity index (χ2v) is 2.90. The SMILES string of the molecule is C/C=C/CCCCCC(=O)C(=O)O. The van der Waals surface area contributed by atoms with E-state index in [-0.39, 0.29) is 6.42 Å². The summed E-state index contributed by atoms with van der Waals surface area (Å²) in [7, 11) is 0. The van der Waals surface area contributed by atoms with Gasteiger partial charge in [0.1, 0.15) is 0 Å². The summed E-state index contributed by atoms with van der Waals surface area (Å²) in [5.41, 5.74) is 0. The van der Waals surface area contributed by atoms with Gasteiger partial charge in [0.25, 0.3) is 0 Å². The largest absolute Gasteiger partial charge is 0.476 e. The molecule has 0 fully saturated rings. The molecule has 0 rings (SSSR count). The van der Waals surface area contributed by atoms with Crippen molar-refractivity contribution >= 4 is 11.8 Å². The quantitative estimate of drug-likeness (QED) is 0.375. The van der Waals surface area contributed by atoms with Crippen molar-refractivity contribution in [3.8, 4) is 0 Å². The molecule has 13 heavy (non-hydrogen) atoms. The maximum atomic E-state index is 10.6. The molecule has 0 saturated heterocycles. The number of carbonyl (C=O) groups excluding carboxylic acids is 1. The molecule has 0 aromatic carbocycles. The van der Waals surface area contributed by atoms with Crippen molar-refractivity contribution in [3.63, 3.8) is 0 Å². The Kier molecular flexibility index (Phi) is 6.88. The Morgan fingerprint density at radius 2 is 1.92 bits per heavy atom. The van der Waals surface area contributed by atoms with Gasteiger partial charge in [-0.2, -0.15) is 0 Å². The molecule has 1 N–H and O–H groups in total. The van der Waals surface area contributed by atoms with Crippen LogP contribution in [0.1, 0.15) is 39.0 Å². The number of unbranched alkanes of at least 4 members (excludes halogenated alkanes) is 3. The first-order valence-corrected chi connectivity index (χ1v) is 4.55. The lowest BCUT2D eigenvalue weighted by molar-refractivity contribution is -0.149. The third-order valence-electron chi connectivity index (χ3n) is 1.75. The Balaban J connectivity index is 3.26. The van der Waals surface area contributed by atoms with Crippen molar-refractivity contribution in [2.45, 2.75) is 39.0 Å². The van der Waals surface area contributed by atoms with Crippen LogP contribution < -0.4 is 0 Å². The zero-order chi connectivity index (χ0) is 10.1. The van der Waals surface area contributed by atoms with Crippen LogP contribution in [-0.2, 0) is 9.59 Å². The van der Waals surface area contributed by atoms with Gasteiger partial charge in [-0.05, 0) is 26.2 Å². The van der Waals surface area contributed by atoms with Crippen LogP contribution in [0.15, 0.2) is 12.2 Å². The lowest BCUT2D eigenvalue weighted by Crippen LogP contribution is -2.11. The molecule has 0 radical (unpaired) electrons. The van der Waals surface area contributed by atoms with Gasteiger partial charge in [-0.1, -0.05) is 18.6 Å². The van der Waals surface area contributed by atoms with Crippen molar-refractivity contribution in [1.29, 1.82) is 0 Å². The molecular weight excluding hydrogens is 168 g/mol. The molecule has 0 aliphatic rings. The number of hydrogen-bond acceptors (Lipinski definition) is 2. The van der Waals surface area contributed by atoms with Gasteiger partial charge in [0.05, 0.1) is 0 Å². The molecule has 0 amide bonds. The number of carboxylic acids is 1. The van der Waals surface area contributed by atoms with E-state index >= 15 is 0 Å². The van der Waals surface area contributed by atoms with Crippen molar-refractivity contribution in [1.82, 2.24) is 0 Å². The summed E-state index contributed by atoms with van der Waals surface area (Å²) < 4.78 is 0. The van der Waals surface area contributed by atoms with Crippen LogP contribution in [0.25, 0.3) is 0 Å². The van der Waals surface area contributed by atoms with E-state index in [2.05, 4.69) is 6.08 Å². The van der Waals surface area contributed by atoms with E-state index in [0.29, 0.717) is 6.42 Å². The molecular formula is C10H16O3. The highest BCUT2D eigenvalue weighted by Crippen LogP contribution is 2.04. The Morgan fingerprint density at radius 1 is 1.23 bits per heavy atom. The Morgan fingerprint density at radius 3 is 2.46 bits per heavy atom. The van der Waals surface area contributed by atoms with Crippen molar-refractivity contribution in [3.05, 3.63) is 12.2 Å².